The number of para-hydroxylation sites is 1. The van der Waals surface area contributed by atoms with Crippen molar-refractivity contribution < 1.29 is 18.3 Å². The van der Waals surface area contributed by atoms with Crippen molar-refractivity contribution >= 4 is 28.6 Å². The number of benzene rings is 1. The fourth-order valence-electron chi connectivity index (χ4n) is 4.91. The fraction of sp³-hybridized carbons (Fsp3) is 0.458. The lowest BCUT2D eigenvalue weighted by Crippen LogP contribution is -2.40. The van der Waals surface area contributed by atoms with E-state index in [0.29, 0.717) is 34.5 Å². The number of aryl methyl sites for hydroxylation is 1. The molecule has 34 heavy (non-hydrogen) atoms. The minimum absolute atomic E-state index is 0.0900. The number of alkyl halides is 2. The van der Waals surface area contributed by atoms with Crippen molar-refractivity contribution in [2.75, 3.05) is 37.2 Å². The standard InChI is InChI=1S/C24H26F2N4O3S/c1-29(12-15-5-4-6-17-19(15)33-13-24(17,25)26)20-16-11-18(23(32-3)7-9-34-10-8-23)22(31)30(2)21(16)28-14-27-20/h4-6,11,14H,7-10,12-13H2,1-3H3. The number of hydrogen-bond acceptors (Lipinski definition) is 7. The predicted molar refractivity (Wildman–Crippen MR) is 128 cm³/mol. The van der Waals surface area contributed by atoms with Gasteiger partial charge in [-0.05, 0) is 36.5 Å². The van der Waals surface area contributed by atoms with Crippen molar-refractivity contribution in [1.82, 2.24) is 14.5 Å². The largest absolute Gasteiger partial charge is 0.486 e. The van der Waals surface area contributed by atoms with Crippen LogP contribution in [0.5, 0.6) is 5.75 Å². The molecule has 0 N–H and O–H groups in total. The lowest BCUT2D eigenvalue weighted by atomic mass is 9.88. The Bertz CT molecular complexity index is 1310. The van der Waals surface area contributed by atoms with Crippen LogP contribution in [0.2, 0.25) is 0 Å². The van der Waals surface area contributed by atoms with Crippen LogP contribution in [0.25, 0.3) is 11.0 Å². The summed E-state index contributed by atoms with van der Waals surface area (Å²) >= 11 is 1.85. The van der Waals surface area contributed by atoms with Crippen LogP contribution < -0.4 is 15.2 Å². The van der Waals surface area contributed by atoms with Crippen LogP contribution in [0.3, 0.4) is 0 Å². The molecule has 3 aromatic rings. The zero-order chi connectivity index (χ0) is 24.1. The molecular formula is C24H26F2N4O3S. The molecule has 10 heteroatoms. The van der Waals surface area contributed by atoms with Crippen LogP contribution in [0.4, 0.5) is 14.6 Å². The van der Waals surface area contributed by atoms with E-state index in [1.165, 1.54) is 17.0 Å². The Kier molecular flexibility index (Phi) is 5.76. The molecule has 1 saturated heterocycles. The van der Waals surface area contributed by atoms with E-state index in [2.05, 4.69) is 9.97 Å². The number of anilines is 1. The molecule has 5 rings (SSSR count). The summed E-state index contributed by atoms with van der Waals surface area (Å²) in [6.45, 7) is -0.349. The third-order valence-corrected chi connectivity index (χ3v) is 7.81. The second-order valence-corrected chi connectivity index (χ2v) is 10.0. The average Bonchev–Trinajstić information content (AvgIpc) is 3.16. The minimum atomic E-state index is -2.99. The smallest absolute Gasteiger partial charge is 0.310 e. The van der Waals surface area contributed by atoms with Crippen molar-refractivity contribution in [2.24, 2.45) is 7.05 Å². The van der Waals surface area contributed by atoms with Gasteiger partial charge in [0.25, 0.3) is 5.56 Å². The number of nitrogens with zero attached hydrogens (tertiary/aromatic N) is 4. The summed E-state index contributed by atoms with van der Waals surface area (Å²) in [7, 11) is 5.19. The predicted octanol–water partition coefficient (Wildman–Crippen LogP) is 3.82. The van der Waals surface area contributed by atoms with Crippen LogP contribution in [-0.2, 0) is 29.9 Å². The number of hydrogen-bond donors (Lipinski definition) is 0. The van der Waals surface area contributed by atoms with Crippen molar-refractivity contribution in [3.63, 3.8) is 0 Å². The van der Waals surface area contributed by atoms with Crippen molar-refractivity contribution in [1.29, 1.82) is 0 Å². The van der Waals surface area contributed by atoms with E-state index in [0.717, 1.165) is 24.3 Å². The quantitative estimate of drug-likeness (QED) is 0.541. The highest BCUT2D eigenvalue weighted by Gasteiger charge is 2.42. The van der Waals surface area contributed by atoms with Gasteiger partial charge in [-0.2, -0.15) is 20.5 Å². The number of methoxy groups -OCH3 is 1. The molecule has 0 aliphatic carbocycles. The molecule has 180 valence electrons. The summed E-state index contributed by atoms with van der Waals surface area (Å²) < 4.78 is 41.1. The van der Waals surface area contributed by atoms with E-state index < -0.39 is 18.1 Å². The molecule has 4 heterocycles. The Hall–Kier alpha value is -2.72. The molecule has 2 aromatic heterocycles. The highest BCUT2D eigenvalue weighted by Crippen LogP contribution is 2.44. The number of rotatable bonds is 5. The number of thioether (sulfide) groups is 1. The first-order valence-corrected chi connectivity index (χ1v) is 12.2. The zero-order valence-corrected chi connectivity index (χ0v) is 20.1. The Morgan fingerprint density at radius 2 is 2.00 bits per heavy atom. The molecular weight excluding hydrogens is 462 g/mol. The average molecular weight is 489 g/mol. The Balaban J connectivity index is 1.59. The van der Waals surface area contributed by atoms with E-state index in [1.807, 2.05) is 29.8 Å². The number of aromatic nitrogens is 3. The molecule has 1 aromatic carbocycles. The number of pyridine rings is 1. The second kappa shape index (κ2) is 8.49. The van der Waals surface area contributed by atoms with E-state index in [9.17, 15) is 13.6 Å². The second-order valence-electron chi connectivity index (χ2n) is 8.81. The Labute approximate surface area is 200 Å². The first-order chi connectivity index (χ1) is 16.3. The van der Waals surface area contributed by atoms with Gasteiger partial charge in [0.15, 0.2) is 6.61 Å². The van der Waals surface area contributed by atoms with Gasteiger partial charge in [0, 0.05) is 33.3 Å². The summed E-state index contributed by atoms with van der Waals surface area (Å²) in [5, 5.41) is 0.704. The minimum Gasteiger partial charge on any atom is -0.486 e. The van der Waals surface area contributed by atoms with Crippen LogP contribution in [0.15, 0.2) is 35.4 Å². The molecule has 0 bridgehead atoms. The van der Waals surface area contributed by atoms with Gasteiger partial charge >= 0.3 is 5.92 Å². The van der Waals surface area contributed by atoms with Gasteiger partial charge in [0.05, 0.1) is 22.1 Å². The van der Waals surface area contributed by atoms with Crippen molar-refractivity contribution in [3.05, 3.63) is 57.6 Å². The van der Waals surface area contributed by atoms with Gasteiger partial charge in [0.1, 0.15) is 23.5 Å². The highest BCUT2D eigenvalue weighted by atomic mass is 32.2. The molecule has 0 radical (unpaired) electrons. The molecule has 0 spiro atoms. The van der Waals surface area contributed by atoms with Gasteiger partial charge in [-0.25, -0.2) is 9.97 Å². The van der Waals surface area contributed by atoms with Gasteiger partial charge in [-0.3, -0.25) is 9.36 Å². The maximum absolute atomic E-state index is 14.2. The first-order valence-electron chi connectivity index (χ1n) is 11.1. The lowest BCUT2D eigenvalue weighted by molar-refractivity contribution is -0.0232. The molecule has 0 saturated carbocycles. The van der Waals surface area contributed by atoms with Gasteiger partial charge in [-0.1, -0.05) is 12.1 Å². The van der Waals surface area contributed by atoms with Crippen LogP contribution >= 0.6 is 11.8 Å². The van der Waals surface area contributed by atoms with Gasteiger partial charge < -0.3 is 14.4 Å². The lowest BCUT2D eigenvalue weighted by Gasteiger charge is -2.36. The maximum Gasteiger partial charge on any atom is 0.310 e. The van der Waals surface area contributed by atoms with Gasteiger partial charge in [0.2, 0.25) is 0 Å². The van der Waals surface area contributed by atoms with E-state index in [4.69, 9.17) is 9.47 Å². The topological polar surface area (TPSA) is 69.5 Å². The van der Waals surface area contributed by atoms with Crippen LogP contribution in [0.1, 0.15) is 29.5 Å². The van der Waals surface area contributed by atoms with Crippen LogP contribution in [0, 0.1) is 0 Å². The third kappa shape index (κ3) is 3.63. The SMILES string of the molecule is COC1(c2cc3c(N(C)Cc4cccc5c4OCC5(F)F)ncnc3n(C)c2=O)CCSCC1. The zero-order valence-electron chi connectivity index (χ0n) is 19.3. The summed E-state index contributed by atoms with van der Waals surface area (Å²) in [5.74, 6) is -0.344. The van der Waals surface area contributed by atoms with Crippen molar-refractivity contribution in [2.45, 2.75) is 30.9 Å². The normalized spacial score (nSPS) is 18.5. The Morgan fingerprint density at radius 3 is 2.74 bits per heavy atom. The summed E-state index contributed by atoms with van der Waals surface area (Å²) in [4.78, 5) is 24.0. The first kappa shape index (κ1) is 23.0. The molecule has 1 fully saturated rings. The summed E-state index contributed by atoms with van der Waals surface area (Å²) in [6.07, 6.45) is 2.90. The molecule has 0 unspecified atom stereocenters. The van der Waals surface area contributed by atoms with E-state index in [-0.39, 0.29) is 16.9 Å². The molecule has 2 aliphatic rings. The van der Waals surface area contributed by atoms with Gasteiger partial charge in [-0.15, -0.1) is 0 Å². The number of ether oxygens (including phenoxy) is 2. The summed E-state index contributed by atoms with van der Waals surface area (Å²) in [6, 6.07) is 6.65. The third-order valence-electron chi connectivity index (χ3n) is 6.82. The molecule has 2 aliphatic heterocycles. The fourth-order valence-corrected chi connectivity index (χ4v) is 6.06. The highest BCUT2D eigenvalue weighted by molar-refractivity contribution is 7.99. The van der Waals surface area contributed by atoms with E-state index in [1.54, 1.807) is 26.3 Å². The monoisotopic (exact) mass is 488 g/mol. The van der Waals surface area contributed by atoms with Crippen LogP contribution in [-0.4, -0.2) is 46.8 Å². The van der Waals surface area contributed by atoms with E-state index >= 15 is 0 Å². The molecule has 7 nitrogen and oxygen atoms in total. The molecule has 0 atom stereocenters. The Morgan fingerprint density at radius 1 is 1.24 bits per heavy atom. The molecule has 0 amide bonds. The number of fused-ring (bicyclic) bond motifs is 2. The van der Waals surface area contributed by atoms with Crippen molar-refractivity contribution in [3.8, 4) is 5.75 Å². The maximum atomic E-state index is 14.2. The summed E-state index contributed by atoms with van der Waals surface area (Å²) in [5.41, 5.74) is 0.866. The number of halogens is 2.